The van der Waals surface area contributed by atoms with Gasteiger partial charge in [-0.2, -0.15) is 9.61 Å². The average Bonchev–Trinajstić information content (AvgIpc) is 3.22. The fourth-order valence-electron chi connectivity index (χ4n) is 3.34. The number of fused-ring (bicyclic) bond motifs is 1. The second-order valence-corrected chi connectivity index (χ2v) is 7.54. The molecule has 0 aliphatic carbocycles. The maximum absolute atomic E-state index is 5.53. The first-order valence-corrected chi connectivity index (χ1v) is 10.1. The van der Waals surface area contributed by atoms with E-state index in [0.717, 1.165) is 32.6 Å². The third-order valence-electron chi connectivity index (χ3n) is 4.76. The Morgan fingerprint density at radius 1 is 0.800 bits per heavy atom. The van der Waals surface area contributed by atoms with Crippen molar-refractivity contribution in [3.05, 3.63) is 83.3 Å². The molecule has 0 aliphatic heterocycles. The molecule has 0 saturated carbocycles. The number of benzene rings is 3. The predicted molar refractivity (Wildman–Crippen MR) is 119 cm³/mol. The van der Waals surface area contributed by atoms with Gasteiger partial charge < -0.3 is 4.74 Å². The molecule has 2 heterocycles. The second-order valence-electron chi connectivity index (χ2n) is 6.62. The minimum atomic E-state index is 0.422. The van der Waals surface area contributed by atoms with E-state index in [2.05, 4.69) is 26.1 Å². The van der Waals surface area contributed by atoms with Crippen LogP contribution in [0.4, 0.5) is 0 Å². The summed E-state index contributed by atoms with van der Waals surface area (Å²) >= 11 is 3.52. The summed E-state index contributed by atoms with van der Waals surface area (Å²) in [5, 5.41) is 13.6. The Morgan fingerprint density at radius 3 is 2.13 bits per heavy atom. The van der Waals surface area contributed by atoms with E-state index in [1.807, 2.05) is 78.9 Å². The fraction of sp³-hybridized carbons (Fsp3) is 0.0435. The van der Waals surface area contributed by atoms with Crippen LogP contribution in [0.1, 0.15) is 0 Å². The van der Waals surface area contributed by atoms with Crippen molar-refractivity contribution < 1.29 is 4.74 Å². The van der Waals surface area contributed by atoms with Gasteiger partial charge in [-0.25, -0.2) is 4.98 Å². The number of aromatic nitrogens is 5. The average molecular weight is 458 g/mol. The van der Waals surface area contributed by atoms with Gasteiger partial charge in [0.05, 0.1) is 12.7 Å². The Labute approximate surface area is 181 Å². The zero-order valence-electron chi connectivity index (χ0n) is 16.0. The largest absolute Gasteiger partial charge is 0.496 e. The lowest BCUT2D eigenvalue weighted by Gasteiger charge is -2.11. The van der Waals surface area contributed by atoms with Crippen molar-refractivity contribution in [2.24, 2.45) is 0 Å². The first kappa shape index (κ1) is 18.4. The summed E-state index contributed by atoms with van der Waals surface area (Å²) in [6.07, 6.45) is 0. The van der Waals surface area contributed by atoms with Crippen LogP contribution in [0, 0.1) is 0 Å². The van der Waals surface area contributed by atoms with Gasteiger partial charge in [0.1, 0.15) is 17.1 Å². The van der Waals surface area contributed by atoms with E-state index in [0.29, 0.717) is 17.4 Å². The van der Waals surface area contributed by atoms with Crippen LogP contribution >= 0.6 is 15.9 Å². The number of methoxy groups -OCH3 is 1. The highest BCUT2D eigenvalue weighted by Gasteiger charge is 2.19. The van der Waals surface area contributed by atoms with Crippen LogP contribution < -0.4 is 4.74 Å². The number of ether oxygens (including phenoxy) is 1. The van der Waals surface area contributed by atoms with Crippen LogP contribution in [0.25, 0.3) is 39.7 Å². The van der Waals surface area contributed by atoms with Crippen molar-refractivity contribution >= 4 is 21.7 Å². The standard InChI is InChI=1S/C23H16BrN5O/c1-30-19-13-12-17(24)14-18(19)22-26-27-23-25-20(15-8-4-2-5-9-15)21(28-29(22)23)16-10-6-3-7-11-16/h2-14H,1H3. The lowest BCUT2D eigenvalue weighted by Crippen LogP contribution is -2.03. The summed E-state index contributed by atoms with van der Waals surface area (Å²) in [5.74, 6) is 1.67. The van der Waals surface area contributed by atoms with Crippen molar-refractivity contribution in [3.63, 3.8) is 0 Å². The second kappa shape index (κ2) is 7.68. The Morgan fingerprint density at radius 2 is 1.47 bits per heavy atom. The van der Waals surface area contributed by atoms with Crippen LogP contribution in [-0.2, 0) is 0 Å². The summed E-state index contributed by atoms with van der Waals surface area (Å²) < 4.78 is 8.11. The highest BCUT2D eigenvalue weighted by atomic mass is 79.9. The van der Waals surface area contributed by atoms with Crippen molar-refractivity contribution in [3.8, 4) is 39.7 Å². The van der Waals surface area contributed by atoms with Crippen LogP contribution in [0.5, 0.6) is 5.75 Å². The summed E-state index contributed by atoms with van der Waals surface area (Å²) in [6.45, 7) is 0. The van der Waals surface area contributed by atoms with E-state index in [-0.39, 0.29) is 0 Å². The molecule has 0 radical (unpaired) electrons. The zero-order valence-corrected chi connectivity index (χ0v) is 17.6. The summed E-state index contributed by atoms with van der Waals surface area (Å²) in [7, 11) is 1.63. The van der Waals surface area contributed by atoms with Gasteiger partial charge in [0.15, 0.2) is 5.82 Å². The first-order chi connectivity index (χ1) is 14.7. The SMILES string of the molecule is COc1ccc(Br)cc1-c1nnc2nc(-c3ccccc3)c(-c3ccccc3)nn12. The van der Waals surface area contributed by atoms with E-state index in [1.54, 1.807) is 11.6 Å². The molecule has 0 fully saturated rings. The summed E-state index contributed by atoms with van der Waals surface area (Å²) in [6, 6.07) is 25.7. The van der Waals surface area contributed by atoms with Crippen LogP contribution in [0.3, 0.4) is 0 Å². The minimum Gasteiger partial charge on any atom is -0.496 e. The molecule has 0 spiro atoms. The van der Waals surface area contributed by atoms with Crippen LogP contribution in [0.2, 0.25) is 0 Å². The predicted octanol–water partition coefficient (Wildman–Crippen LogP) is 5.29. The minimum absolute atomic E-state index is 0.422. The fourth-order valence-corrected chi connectivity index (χ4v) is 3.71. The quantitative estimate of drug-likeness (QED) is 0.366. The van der Waals surface area contributed by atoms with E-state index >= 15 is 0 Å². The maximum Gasteiger partial charge on any atom is 0.272 e. The van der Waals surface area contributed by atoms with Crippen LogP contribution in [-0.4, -0.2) is 31.9 Å². The molecule has 5 aromatic rings. The lowest BCUT2D eigenvalue weighted by atomic mass is 10.0. The van der Waals surface area contributed by atoms with Gasteiger partial charge in [0.2, 0.25) is 0 Å². The van der Waals surface area contributed by atoms with E-state index in [4.69, 9.17) is 14.8 Å². The van der Waals surface area contributed by atoms with Gasteiger partial charge in [0, 0.05) is 15.6 Å². The Kier molecular flexibility index (Phi) is 4.72. The topological polar surface area (TPSA) is 65.2 Å². The molecule has 0 atom stereocenters. The van der Waals surface area contributed by atoms with Gasteiger partial charge in [-0.15, -0.1) is 10.2 Å². The molecular formula is C23H16BrN5O. The molecular weight excluding hydrogens is 442 g/mol. The van der Waals surface area contributed by atoms with Gasteiger partial charge in [-0.1, -0.05) is 76.6 Å². The molecule has 3 aromatic carbocycles. The number of halogens is 1. The van der Waals surface area contributed by atoms with Gasteiger partial charge >= 0.3 is 0 Å². The van der Waals surface area contributed by atoms with E-state index in [1.165, 1.54) is 0 Å². The molecule has 5 rings (SSSR count). The number of hydrogen-bond donors (Lipinski definition) is 0. The van der Waals surface area contributed by atoms with Crippen molar-refractivity contribution in [1.82, 2.24) is 24.8 Å². The molecule has 0 amide bonds. The number of nitrogens with zero attached hydrogens (tertiary/aromatic N) is 5. The lowest BCUT2D eigenvalue weighted by molar-refractivity contribution is 0.416. The van der Waals surface area contributed by atoms with Crippen molar-refractivity contribution in [2.75, 3.05) is 7.11 Å². The zero-order chi connectivity index (χ0) is 20.5. The number of hydrogen-bond acceptors (Lipinski definition) is 5. The highest BCUT2D eigenvalue weighted by Crippen LogP contribution is 2.33. The monoisotopic (exact) mass is 457 g/mol. The van der Waals surface area contributed by atoms with E-state index < -0.39 is 0 Å². The third-order valence-corrected chi connectivity index (χ3v) is 5.25. The highest BCUT2D eigenvalue weighted by molar-refractivity contribution is 9.10. The molecule has 146 valence electrons. The Hall–Kier alpha value is -3.58. The molecule has 6 nitrogen and oxygen atoms in total. The van der Waals surface area contributed by atoms with E-state index in [9.17, 15) is 0 Å². The van der Waals surface area contributed by atoms with Gasteiger partial charge in [-0.3, -0.25) is 0 Å². The first-order valence-electron chi connectivity index (χ1n) is 9.33. The summed E-state index contributed by atoms with van der Waals surface area (Å²) in [4.78, 5) is 4.82. The smallest absolute Gasteiger partial charge is 0.272 e. The Balaban J connectivity index is 1.80. The van der Waals surface area contributed by atoms with Crippen molar-refractivity contribution in [1.29, 1.82) is 0 Å². The Bertz CT molecular complexity index is 1340. The number of rotatable bonds is 4. The molecule has 0 saturated heterocycles. The van der Waals surface area contributed by atoms with Crippen molar-refractivity contribution in [2.45, 2.75) is 0 Å². The van der Waals surface area contributed by atoms with Gasteiger partial charge in [0.25, 0.3) is 5.78 Å². The molecule has 0 N–H and O–H groups in total. The molecule has 30 heavy (non-hydrogen) atoms. The molecule has 7 heteroatoms. The van der Waals surface area contributed by atoms with Gasteiger partial charge in [-0.05, 0) is 18.2 Å². The normalized spacial score (nSPS) is 11.0. The maximum atomic E-state index is 5.53. The van der Waals surface area contributed by atoms with Crippen LogP contribution in [0.15, 0.2) is 83.3 Å². The molecule has 0 bridgehead atoms. The molecule has 0 aliphatic rings. The summed E-state index contributed by atoms with van der Waals surface area (Å²) in [5.41, 5.74) is 4.22. The molecule has 2 aromatic heterocycles. The third kappa shape index (κ3) is 3.23. The molecule has 0 unspecified atom stereocenters.